The molecule has 1 heterocycles. The van der Waals surface area contributed by atoms with E-state index in [1.54, 1.807) is 30.6 Å². The molecule has 2 aromatic rings. The number of para-hydroxylation sites is 2. The lowest BCUT2D eigenvalue weighted by Gasteiger charge is -2.23. The third kappa shape index (κ3) is 4.85. The molecule has 134 valence electrons. The first-order chi connectivity index (χ1) is 12.2. The minimum Gasteiger partial charge on any atom is -0.496 e. The summed E-state index contributed by atoms with van der Waals surface area (Å²) in [6.45, 7) is 0. The van der Waals surface area contributed by atoms with Gasteiger partial charge < -0.3 is 14.6 Å². The fourth-order valence-corrected chi connectivity index (χ4v) is 4.87. The summed E-state index contributed by atoms with van der Waals surface area (Å²) in [4.78, 5) is 2.14. The molecule has 0 fully saturated rings. The highest BCUT2D eigenvalue weighted by atomic mass is 32.2. The van der Waals surface area contributed by atoms with Crippen LogP contribution in [-0.4, -0.2) is 36.1 Å². The van der Waals surface area contributed by atoms with E-state index in [2.05, 4.69) is 0 Å². The monoisotopic (exact) mass is 377 g/mol. The van der Waals surface area contributed by atoms with Crippen LogP contribution in [0.3, 0.4) is 0 Å². The minimum absolute atomic E-state index is 0.102. The molecule has 25 heavy (non-hydrogen) atoms. The van der Waals surface area contributed by atoms with Crippen molar-refractivity contribution in [2.75, 3.05) is 18.6 Å². The number of aliphatic hydroxyl groups excluding tert-OH is 1. The number of hydrogen-bond acceptors (Lipinski definition) is 6. The lowest BCUT2D eigenvalue weighted by atomic mass is 10.0. The van der Waals surface area contributed by atoms with Crippen LogP contribution in [0.5, 0.6) is 11.5 Å². The molecule has 2 aromatic carbocycles. The van der Waals surface area contributed by atoms with Gasteiger partial charge in [0.1, 0.15) is 11.5 Å². The number of methoxy groups -OCH3 is 1. The Balaban J connectivity index is 1.55. The molecular weight excluding hydrogens is 354 g/mol. The number of fused-ring (bicyclic) bond motifs is 1. The molecule has 0 saturated carbocycles. The summed E-state index contributed by atoms with van der Waals surface area (Å²) in [5.74, 6) is 3.21. The number of aliphatic hydroxyl groups is 1. The predicted octanol–water partition coefficient (Wildman–Crippen LogP) is 3.62. The van der Waals surface area contributed by atoms with Gasteiger partial charge in [-0.05, 0) is 30.7 Å². The number of ether oxygens (including phenoxy) is 2. The Morgan fingerprint density at radius 3 is 2.88 bits per heavy atom. The molecule has 4 nitrogen and oxygen atoms in total. The van der Waals surface area contributed by atoms with E-state index in [0.717, 1.165) is 27.0 Å². The zero-order chi connectivity index (χ0) is 17.6. The molecule has 0 aliphatic carbocycles. The van der Waals surface area contributed by atoms with E-state index in [1.165, 1.54) is 0 Å². The van der Waals surface area contributed by atoms with Gasteiger partial charge in [-0.2, -0.15) is 0 Å². The van der Waals surface area contributed by atoms with Crippen LogP contribution in [0.2, 0.25) is 0 Å². The summed E-state index contributed by atoms with van der Waals surface area (Å²) in [6, 6.07) is 15.8. The van der Waals surface area contributed by atoms with Crippen molar-refractivity contribution < 1.29 is 14.6 Å². The first-order valence-electron chi connectivity index (χ1n) is 8.25. The number of nitrogens with two attached hydrogens (primary N) is 1. The van der Waals surface area contributed by atoms with Gasteiger partial charge in [-0.1, -0.05) is 24.3 Å². The molecule has 0 bridgehead atoms. The van der Waals surface area contributed by atoms with Crippen molar-refractivity contribution in [1.29, 1.82) is 0 Å². The third-order valence-electron chi connectivity index (χ3n) is 4.10. The van der Waals surface area contributed by atoms with Gasteiger partial charge in [0.25, 0.3) is 0 Å². The summed E-state index contributed by atoms with van der Waals surface area (Å²) in [7, 11) is 1.66. The molecule has 0 saturated heterocycles. The Labute approximate surface area is 157 Å². The van der Waals surface area contributed by atoms with E-state index in [-0.39, 0.29) is 5.92 Å². The molecule has 1 aliphatic heterocycles. The lowest BCUT2D eigenvalue weighted by Crippen LogP contribution is -2.38. The van der Waals surface area contributed by atoms with Crippen LogP contribution >= 0.6 is 23.5 Å². The quantitative estimate of drug-likeness (QED) is 0.750. The summed E-state index contributed by atoms with van der Waals surface area (Å²) in [5, 5.41) is 10.5. The Hall–Kier alpha value is -1.34. The Morgan fingerprint density at radius 2 is 2.04 bits per heavy atom. The van der Waals surface area contributed by atoms with Crippen molar-refractivity contribution in [1.82, 2.24) is 0 Å². The standard InChI is InChI=1S/C19H23NO3S2/c1-22-15-6-2-4-8-17(15)25-12-14(21)10-13-11-24-18-9-5-3-7-16(18)23-19(13)20/h2-9,13-14,19,21H,10-12,20H2,1H3/t13-,14-,19?/m0/s1. The van der Waals surface area contributed by atoms with Crippen molar-refractivity contribution in [3.63, 3.8) is 0 Å². The maximum atomic E-state index is 10.5. The first-order valence-corrected chi connectivity index (χ1v) is 10.2. The van der Waals surface area contributed by atoms with Crippen molar-refractivity contribution in [2.24, 2.45) is 11.7 Å². The number of thioether (sulfide) groups is 2. The minimum atomic E-state index is -0.448. The van der Waals surface area contributed by atoms with Crippen LogP contribution in [0.1, 0.15) is 6.42 Å². The predicted molar refractivity (Wildman–Crippen MR) is 104 cm³/mol. The Bertz CT molecular complexity index is 698. The molecule has 0 aromatic heterocycles. The van der Waals surface area contributed by atoms with Crippen LogP contribution in [-0.2, 0) is 0 Å². The SMILES string of the molecule is COc1ccccc1SC[C@@H](O)C[C@H]1CSc2ccccc2OC1N. The van der Waals surface area contributed by atoms with Gasteiger partial charge in [0, 0.05) is 27.2 Å². The molecule has 3 atom stereocenters. The van der Waals surface area contributed by atoms with Gasteiger partial charge in [0.2, 0.25) is 0 Å². The molecule has 3 rings (SSSR count). The maximum absolute atomic E-state index is 10.5. The number of benzene rings is 2. The van der Waals surface area contributed by atoms with Gasteiger partial charge in [-0.15, -0.1) is 23.5 Å². The zero-order valence-corrected chi connectivity index (χ0v) is 15.8. The molecule has 0 amide bonds. The average Bonchev–Trinajstić information content (AvgIpc) is 2.79. The molecule has 0 spiro atoms. The van der Waals surface area contributed by atoms with Gasteiger partial charge in [0.15, 0.2) is 6.23 Å². The lowest BCUT2D eigenvalue weighted by molar-refractivity contribution is 0.100. The van der Waals surface area contributed by atoms with Gasteiger partial charge in [0.05, 0.1) is 13.2 Å². The summed E-state index contributed by atoms with van der Waals surface area (Å²) in [5.41, 5.74) is 6.22. The Morgan fingerprint density at radius 1 is 1.28 bits per heavy atom. The van der Waals surface area contributed by atoms with E-state index >= 15 is 0 Å². The first kappa shape index (κ1) is 18.5. The van der Waals surface area contributed by atoms with Gasteiger partial charge in [-0.25, -0.2) is 0 Å². The Kier molecular flexibility index (Phi) is 6.53. The second-order valence-electron chi connectivity index (χ2n) is 5.95. The molecule has 1 aliphatic rings. The summed E-state index contributed by atoms with van der Waals surface area (Å²) >= 11 is 3.34. The van der Waals surface area contributed by atoms with E-state index in [4.69, 9.17) is 15.2 Å². The highest BCUT2D eigenvalue weighted by Crippen LogP contribution is 2.37. The topological polar surface area (TPSA) is 64.7 Å². The van der Waals surface area contributed by atoms with Crippen LogP contribution in [0, 0.1) is 5.92 Å². The normalized spacial score (nSPS) is 20.9. The molecule has 6 heteroatoms. The summed E-state index contributed by atoms with van der Waals surface area (Å²) in [6.07, 6.45) is -0.233. The maximum Gasteiger partial charge on any atom is 0.151 e. The summed E-state index contributed by atoms with van der Waals surface area (Å²) < 4.78 is 11.2. The molecule has 1 unspecified atom stereocenters. The number of hydrogen-bond donors (Lipinski definition) is 2. The van der Waals surface area contributed by atoms with E-state index in [1.807, 2.05) is 48.5 Å². The highest BCUT2D eigenvalue weighted by molar-refractivity contribution is 7.99. The zero-order valence-electron chi connectivity index (χ0n) is 14.1. The van der Waals surface area contributed by atoms with Crippen molar-refractivity contribution in [3.05, 3.63) is 48.5 Å². The van der Waals surface area contributed by atoms with Gasteiger partial charge >= 0.3 is 0 Å². The van der Waals surface area contributed by atoms with Gasteiger partial charge in [-0.3, -0.25) is 5.73 Å². The van der Waals surface area contributed by atoms with E-state index in [0.29, 0.717) is 12.2 Å². The van der Waals surface area contributed by atoms with Crippen LogP contribution in [0.15, 0.2) is 58.3 Å². The second kappa shape index (κ2) is 8.85. The van der Waals surface area contributed by atoms with E-state index in [9.17, 15) is 5.11 Å². The fraction of sp³-hybridized carbons (Fsp3) is 0.368. The van der Waals surface area contributed by atoms with Crippen molar-refractivity contribution in [3.8, 4) is 11.5 Å². The molecule has 0 radical (unpaired) electrons. The third-order valence-corrected chi connectivity index (χ3v) is 6.55. The van der Waals surface area contributed by atoms with Crippen molar-refractivity contribution >= 4 is 23.5 Å². The van der Waals surface area contributed by atoms with Crippen LogP contribution in [0.25, 0.3) is 0 Å². The molecule has 3 N–H and O–H groups in total. The van der Waals surface area contributed by atoms with Crippen LogP contribution < -0.4 is 15.2 Å². The largest absolute Gasteiger partial charge is 0.496 e. The second-order valence-corrected chi connectivity index (χ2v) is 8.08. The molecular formula is C19H23NO3S2. The fourth-order valence-electron chi connectivity index (χ4n) is 2.74. The van der Waals surface area contributed by atoms with E-state index < -0.39 is 12.3 Å². The van der Waals surface area contributed by atoms with Crippen molar-refractivity contribution in [2.45, 2.75) is 28.5 Å². The average molecular weight is 378 g/mol. The number of rotatable bonds is 6. The smallest absolute Gasteiger partial charge is 0.151 e. The highest BCUT2D eigenvalue weighted by Gasteiger charge is 2.27. The van der Waals surface area contributed by atoms with Crippen LogP contribution in [0.4, 0.5) is 0 Å².